The van der Waals surface area contributed by atoms with Crippen molar-refractivity contribution in [1.82, 2.24) is 4.90 Å². The number of hydrogen-bond donors (Lipinski definition) is 2. The molecule has 2 N–H and O–H groups in total. The van der Waals surface area contributed by atoms with Gasteiger partial charge in [-0.1, -0.05) is 12.1 Å². The predicted octanol–water partition coefficient (Wildman–Crippen LogP) is 3.33. The highest BCUT2D eigenvalue weighted by Gasteiger charge is 2.12. The first kappa shape index (κ1) is 19.1. The quantitative estimate of drug-likeness (QED) is 0.831. The Morgan fingerprint density at radius 1 is 1.00 bits per heavy atom. The first-order valence-electron chi connectivity index (χ1n) is 8.03. The SMILES string of the molecule is COc1ccc(CN(C)C(=O)Nc2ccc(NC(C)=O)c(OC)c2)cc1. The van der Waals surface area contributed by atoms with Gasteiger partial charge < -0.3 is 25.0 Å². The Labute approximate surface area is 152 Å². The summed E-state index contributed by atoms with van der Waals surface area (Å²) in [7, 11) is 4.82. The molecule has 0 aliphatic heterocycles. The van der Waals surface area contributed by atoms with Gasteiger partial charge in [-0.05, 0) is 29.8 Å². The zero-order chi connectivity index (χ0) is 19.1. The number of nitrogens with one attached hydrogen (secondary N) is 2. The number of carbonyl (C=O) groups excluding carboxylic acids is 2. The third-order valence-corrected chi connectivity index (χ3v) is 3.69. The van der Waals surface area contributed by atoms with Crippen LogP contribution in [0.1, 0.15) is 12.5 Å². The van der Waals surface area contributed by atoms with Crippen LogP contribution in [-0.2, 0) is 11.3 Å². The maximum Gasteiger partial charge on any atom is 0.321 e. The Balaban J connectivity index is 2.02. The fraction of sp³-hybridized carbons (Fsp3) is 0.263. The maximum absolute atomic E-state index is 12.4. The average molecular weight is 357 g/mol. The highest BCUT2D eigenvalue weighted by Crippen LogP contribution is 2.28. The van der Waals surface area contributed by atoms with Gasteiger partial charge in [0.15, 0.2) is 0 Å². The molecule has 0 aliphatic rings. The third-order valence-electron chi connectivity index (χ3n) is 3.69. The lowest BCUT2D eigenvalue weighted by atomic mass is 10.2. The number of amides is 3. The molecule has 0 spiro atoms. The van der Waals surface area contributed by atoms with Gasteiger partial charge in [-0.15, -0.1) is 0 Å². The van der Waals surface area contributed by atoms with Crippen LogP contribution in [0, 0.1) is 0 Å². The minimum atomic E-state index is -0.254. The molecule has 26 heavy (non-hydrogen) atoms. The van der Waals surface area contributed by atoms with Crippen LogP contribution in [0.3, 0.4) is 0 Å². The average Bonchev–Trinajstić information content (AvgIpc) is 2.63. The van der Waals surface area contributed by atoms with E-state index in [2.05, 4.69) is 10.6 Å². The molecule has 0 fully saturated rings. The molecular formula is C19H23N3O4. The zero-order valence-corrected chi connectivity index (χ0v) is 15.3. The van der Waals surface area contributed by atoms with Crippen molar-refractivity contribution < 1.29 is 19.1 Å². The van der Waals surface area contributed by atoms with E-state index < -0.39 is 0 Å². The topological polar surface area (TPSA) is 79.9 Å². The molecule has 0 aliphatic carbocycles. The van der Waals surface area contributed by atoms with Crippen molar-refractivity contribution in [1.29, 1.82) is 0 Å². The molecule has 0 unspecified atom stereocenters. The predicted molar refractivity (Wildman–Crippen MR) is 101 cm³/mol. The number of hydrogen-bond acceptors (Lipinski definition) is 4. The van der Waals surface area contributed by atoms with Gasteiger partial charge >= 0.3 is 6.03 Å². The molecule has 138 valence electrons. The van der Waals surface area contributed by atoms with E-state index in [1.165, 1.54) is 14.0 Å². The van der Waals surface area contributed by atoms with Gasteiger partial charge in [0.2, 0.25) is 5.91 Å². The van der Waals surface area contributed by atoms with Crippen molar-refractivity contribution in [2.45, 2.75) is 13.5 Å². The highest BCUT2D eigenvalue weighted by molar-refractivity contribution is 5.93. The first-order valence-corrected chi connectivity index (χ1v) is 8.03. The summed E-state index contributed by atoms with van der Waals surface area (Å²) in [6.07, 6.45) is 0. The molecule has 0 saturated carbocycles. The molecule has 0 heterocycles. The Morgan fingerprint density at radius 3 is 2.27 bits per heavy atom. The van der Waals surface area contributed by atoms with Crippen molar-refractivity contribution in [2.24, 2.45) is 0 Å². The number of benzene rings is 2. The molecular weight excluding hydrogens is 334 g/mol. The normalized spacial score (nSPS) is 10.0. The van der Waals surface area contributed by atoms with Gasteiger partial charge in [0.05, 0.1) is 19.9 Å². The summed E-state index contributed by atoms with van der Waals surface area (Å²) in [5, 5.41) is 5.48. The molecule has 7 heteroatoms. The highest BCUT2D eigenvalue weighted by atomic mass is 16.5. The second-order valence-corrected chi connectivity index (χ2v) is 5.73. The van der Waals surface area contributed by atoms with E-state index in [1.807, 2.05) is 24.3 Å². The van der Waals surface area contributed by atoms with Gasteiger partial charge in [0.25, 0.3) is 0 Å². The molecule has 0 atom stereocenters. The van der Waals surface area contributed by atoms with Crippen molar-refractivity contribution in [3.05, 3.63) is 48.0 Å². The van der Waals surface area contributed by atoms with E-state index in [0.717, 1.165) is 11.3 Å². The Bertz CT molecular complexity index is 775. The van der Waals surface area contributed by atoms with Gasteiger partial charge in [0, 0.05) is 32.3 Å². The number of anilines is 2. The number of methoxy groups -OCH3 is 2. The standard InChI is InChI=1S/C19H23N3O4/c1-13(23)20-17-10-7-15(11-18(17)26-4)21-19(24)22(2)12-14-5-8-16(25-3)9-6-14/h5-11H,12H2,1-4H3,(H,20,23)(H,21,24). The van der Waals surface area contributed by atoms with Crippen molar-refractivity contribution in [2.75, 3.05) is 31.9 Å². The largest absolute Gasteiger partial charge is 0.497 e. The molecule has 2 aromatic carbocycles. The fourth-order valence-electron chi connectivity index (χ4n) is 2.36. The second-order valence-electron chi connectivity index (χ2n) is 5.73. The minimum absolute atomic E-state index is 0.195. The van der Waals surface area contributed by atoms with Crippen LogP contribution in [0.4, 0.5) is 16.2 Å². The van der Waals surface area contributed by atoms with Crippen LogP contribution in [0.25, 0.3) is 0 Å². The molecule has 0 bridgehead atoms. The number of ether oxygens (including phenoxy) is 2. The maximum atomic E-state index is 12.4. The Morgan fingerprint density at radius 2 is 1.69 bits per heavy atom. The second kappa shape index (κ2) is 8.75. The van der Waals surface area contributed by atoms with E-state index in [0.29, 0.717) is 23.7 Å². The van der Waals surface area contributed by atoms with Crippen LogP contribution in [-0.4, -0.2) is 38.1 Å². The molecule has 0 saturated heterocycles. The van der Waals surface area contributed by atoms with E-state index >= 15 is 0 Å². The molecule has 7 nitrogen and oxygen atoms in total. The number of nitrogens with zero attached hydrogens (tertiary/aromatic N) is 1. The molecule has 2 aromatic rings. The van der Waals surface area contributed by atoms with Crippen molar-refractivity contribution in [3.8, 4) is 11.5 Å². The van der Waals surface area contributed by atoms with E-state index in [1.54, 1.807) is 37.3 Å². The van der Waals surface area contributed by atoms with E-state index in [4.69, 9.17) is 9.47 Å². The summed E-state index contributed by atoms with van der Waals surface area (Å²) < 4.78 is 10.4. The molecule has 0 aromatic heterocycles. The molecule has 2 rings (SSSR count). The first-order chi connectivity index (χ1) is 12.4. The minimum Gasteiger partial charge on any atom is -0.497 e. The van der Waals surface area contributed by atoms with Gasteiger partial charge in [-0.2, -0.15) is 0 Å². The van der Waals surface area contributed by atoms with Gasteiger partial charge in [0.1, 0.15) is 11.5 Å². The van der Waals surface area contributed by atoms with E-state index in [9.17, 15) is 9.59 Å². The Kier molecular flexibility index (Phi) is 6.43. The smallest absolute Gasteiger partial charge is 0.321 e. The van der Waals surface area contributed by atoms with Crippen molar-refractivity contribution >= 4 is 23.3 Å². The number of urea groups is 1. The lowest BCUT2D eigenvalue weighted by molar-refractivity contribution is -0.114. The number of rotatable bonds is 6. The van der Waals surface area contributed by atoms with Crippen LogP contribution in [0.15, 0.2) is 42.5 Å². The van der Waals surface area contributed by atoms with Crippen LogP contribution >= 0.6 is 0 Å². The number of carbonyl (C=O) groups is 2. The molecule has 3 amide bonds. The van der Waals surface area contributed by atoms with Crippen molar-refractivity contribution in [3.63, 3.8) is 0 Å². The van der Waals surface area contributed by atoms with Gasteiger partial charge in [-0.3, -0.25) is 4.79 Å². The third kappa shape index (κ3) is 5.14. The van der Waals surface area contributed by atoms with Gasteiger partial charge in [-0.25, -0.2) is 4.79 Å². The summed E-state index contributed by atoms with van der Waals surface area (Å²) in [5.74, 6) is 1.04. The summed E-state index contributed by atoms with van der Waals surface area (Å²) in [5.41, 5.74) is 2.11. The summed E-state index contributed by atoms with van der Waals surface area (Å²) in [4.78, 5) is 25.1. The Hall–Kier alpha value is -3.22. The van der Waals surface area contributed by atoms with Crippen LogP contribution < -0.4 is 20.1 Å². The van der Waals surface area contributed by atoms with Crippen LogP contribution in [0.5, 0.6) is 11.5 Å². The fourth-order valence-corrected chi connectivity index (χ4v) is 2.36. The zero-order valence-electron chi connectivity index (χ0n) is 15.3. The van der Waals surface area contributed by atoms with E-state index in [-0.39, 0.29) is 11.9 Å². The summed E-state index contributed by atoms with van der Waals surface area (Å²) >= 11 is 0. The summed E-state index contributed by atoms with van der Waals surface area (Å²) in [6, 6.07) is 12.3. The molecule has 0 radical (unpaired) electrons. The summed E-state index contributed by atoms with van der Waals surface area (Å²) in [6.45, 7) is 1.88. The lowest BCUT2D eigenvalue weighted by Crippen LogP contribution is -2.30. The lowest BCUT2D eigenvalue weighted by Gasteiger charge is -2.19. The van der Waals surface area contributed by atoms with Crippen LogP contribution in [0.2, 0.25) is 0 Å². The monoisotopic (exact) mass is 357 g/mol.